The Hall–Kier alpha value is -3.16. The zero-order valence-electron chi connectivity index (χ0n) is 22.9. The van der Waals surface area contributed by atoms with Gasteiger partial charge in [0, 0.05) is 41.3 Å². The molecule has 4 rings (SSSR count). The fourth-order valence-corrected chi connectivity index (χ4v) is 7.14. The summed E-state index contributed by atoms with van der Waals surface area (Å²) in [6.07, 6.45) is 5.00. The minimum Gasteiger partial charge on any atom is -0.447 e. The highest BCUT2D eigenvalue weighted by atomic mass is 32.1. The summed E-state index contributed by atoms with van der Waals surface area (Å²) >= 11 is 1.63. The standard InChI is InChI=1S/C29H37N4O4PS/c1-19(2)37-29(35)33-22-12-10-21(11-13-22)27-30-18-26(39-27)24-15-14-23(16-25(24)38(3,4)36)32-28(34)31-17-20-8-6-5-7-9-20/h5-9,14-16,18-19,21-22H,10-13,17H2,1-4H3,(H,33,35)(H2,31,32,34). The maximum atomic E-state index is 13.3. The summed E-state index contributed by atoms with van der Waals surface area (Å²) < 4.78 is 18.5. The third-order valence-electron chi connectivity index (χ3n) is 6.66. The summed E-state index contributed by atoms with van der Waals surface area (Å²) in [7, 11) is -2.65. The van der Waals surface area contributed by atoms with Crippen LogP contribution in [0.25, 0.3) is 10.4 Å². The highest BCUT2D eigenvalue weighted by Crippen LogP contribution is 2.43. The maximum absolute atomic E-state index is 13.3. The molecule has 3 aromatic rings. The Morgan fingerprint density at radius 3 is 2.46 bits per heavy atom. The van der Waals surface area contributed by atoms with E-state index in [0.29, 0.717) is 18.2 Å². The first-order chi connectivity index (χ1) is 18.6. The van der Waals surface area contributed by atoms with Crippen LogP contribution in [0.1, 0.15) is 56.0 Å². The average Bonchev–Trinajstić information content (AvgIpc) is 3.38. The largest absolute Gasteiger partial charge is 0.447 e. The van der Waals surface area contributed by atoms with E-state index in [0.717, 1.165) is 52.0 Å². The lowest BCUT2D eigenvalue weighted by atomic mass is 9.86. The average molecular weight is 569 g/mol. The molecule has 1 saturated carbocycles. The molecule has 0 spiro atoms. The molecule has 1 aliphatic rings. The number of urea groups is 1. The number of nitrogens with zero attached hydrogens (tertiary/aromatic N) is 1. The molecule has 2 aromatic carbocycles. The van der Waals surface area contributed by atoms with Crippen LogP contribution in [-0.4, -0.2) is 42.6 Å². The van der Waals surface area contributed by atoms with Crippen molar-refractivity contribution in [1.82, 2.24) is 15.6 Å². The van der Waals surface area contributed by atoms with Gasteiger partial charge in [0.05, 0.1) is 16.0 Å². The fraction of sp³-hybridized carbons (Fsp3) is 0.414. The number of benzene rings is 2. The normalized spacial score (nSPS) is 17.5. The number of aromatic nitrogens is 1. The van der Waals surface area contributed by atoms with E-state index in [9.17, 15) is 14.2 Å². The van der Waals surface area contributed by atoms with Crippen LogP contribution in [0, 0.1) is 0 Å². The molecule has 0 saturated heterocycles. The Bertz CT molecular complexity index is 1330. The van der Waals surface area contributed by atoms with Crippen LogP contribution in [0.3, 0.4) is 0 Å². The Labute approximate surface area is 234 Å². The van der Waals surface area contributed by atoms with E-state index in [1.807, 2.05) is 68.6 Å². The number of carbonyl (C=O) groups is 2. The number of hydrogen-bond donors (Lipinski definition) is 3. The first kappa shape index (κ1) is 28.8. The van der Waals surface area contributed by atoms with Crippen molar-refractivity contribution >= 4 is 41.6 Å². The van der Waals surface area contributed by atoms with Crippen LogP contribution >= 0.6 is 18.5 Å². The van der Waals surface area contributed by atoms with Gasteiger partial charge in [-0.2, -0.15) is 0 Å². The second-order valence-electron chi connectivity index (χ2n) is 10.6. The molecule has 0 unspecified atom stereocenters. The van der Waals surface area contributed by atoms with Gasteiger partial charge in [-0.1, -0.05) is 36.4 Å². The molecular formula is C29H37N4O4PS. The molecule has 10 heteroatoms. The summed E-state index contributed by atoms with van der Waals surface area (Å²) in [5.74, 6) is 0.329. The SMILES string of the molecule is CC(C)OC(=O)NC1CCC(c2ncc(-c3ccc(NC(=O)NCc4ccccc4)cc3P(C)(C)=O)s2)CC1. The molecule has 3 N–H and O–H groups in total. The number of ether oxygens (including phenoxy) is 1. The quantitative estimate of drug-likeness (QED) is 0.267. The number of nitrogens with one attached hydrogen (secondary N) is 3. The number of carbonyl (C=O) groups excluding carboxylic acids is 2. The highest BCUT2D eigenvalue weighted by molar-refractivity contribution is 7.70. The van der Waals surface area contributed by atoms with Crippen molar-refractivity contribution in [3.8, 4) is 10.4 Å². The van der Waals surface area contributed by atoms with Gasteiger partial charge in [-0.15, -0.1) is 11.3 Å². The summed E-state index contributed by atoms with van der Waals surface area (Å²) in [5.41, 5.74) is 2.48. The minimum atomic E-state index is -2.65. The first-order valence-electron chi connectivity index (χ1n) is 13.3. The van der Waals surface area contributed by atoms with Crippen molar-refractivity contribution < 1.29 is 18.9 Å². The molecule has 1 aromatic heterocycles. The van der Waals surface area contributed by atoms with E-state index in [1.165, 1.54) is 0 Å². The summed E-state index contributed by atoms with van der Waals surface area (Å²) in [5, 5.41) is 10.5. The van der Waals surface area contributed by atoms with E-state index in [4.69, 9.17) is 9.72 Å². The van der Waals surface area contributed by atoms with Crippen LogP contribution in [0.4, 0.5) is 15.3 Å². The molecule has 0 atom stereocenters. The van der Waals surface area contributed by atoms with Gasteiger partial charge in [-0.25, -0.2) is 14.6 Å². The molecule has 1 fully saturated rings. The molecule has 8 nitrogen and oxygen atoms in total. The predicted molar refractivity (Wildman–Crippen MR) is 159 cm³/mol. The maximum Gasteiger partial charge on any atom is 0.407 e. The first-order valence-corrected chi connectivity index (χ1v) is 16.7. The monoisotopic (exact) mass is 568 g/mol. The lowest BCUT2D eigenvalue weighted by molar-refractivity contribution is 0.109. The van der Waals surface area contributed by atoms with Gasteiger partial charge in [-0.05, 0) is 70.6 Å². The van der Waals surface area contributed by atoms with Gasteiger partial charge in [0.15, 0.2) is 0 Å². The van der Waals surface area contributed by atoms with Crippen LogP contribution in [0.5, 0.6) is 0 Å². The van der Waals surface area contributed by atoms with Gasteiger partial charge in [-0.3, -0.25) is 0 Å². The summed E-state index contributed by atoms with van der Waals surface area (Å²) in [4.78, 5) is 30.1. The number of rotatable bonds is 8. The number of hydrogen-bond acceptors (Lipinski definition) is 6. The number of amides is 3. The Morgan fingerprint density at radius 2 is 1.79 bits per heavy atom. The Morgan fingerprint density at radius 1 is 1.08 bits per heavy atom. The van der Waals surface area contributed by atoms with E-state index in [-0.39, 0.29) is 24.3 Å². The molecule has 0 aliphatic heterocycles. The van der Waals surface area contributed by atoms with Crippen molar-refractivity contribution in [3.05, 3.63) is 65.3 Å². The molecule has 0 radical (unpaired) electrons. The molecule has 208 valence electrons. The molecule has 39 heavy (non-hydrogen) atoms. The lowest BCUT2D eigenvalue weighted by Gasteiger charge is -2.28. The van der Waals surface area contributed by atoms with Crippen LogP contribution in [0.15, 0.2) is 54.7 Å². The van der Waals surface area contributed by atoms with Gasteiger partial charge >= 0.3 is 12.1 Å². The van der Waals surface area contributed by atoms with Crippen molar-refractivity contribution in [2.24, 2.45) is 0 Å². The van der Waals surface area contributed by atoms with E-state index < -0.39 is 7.14 Å². The van der Waals surface area contributed by atoms with Crippen molar-refractivity contribution in [3.63, 3.8) is 0 Å². The third kappa shape index (κ3) is 8.16. The predicted octanol–water partition coefficient (Wildman–Crippen LogP) is 6.54. The molecular weight excluding hydrogens is 531 g/mol. The van der Waals surface area contributed by atoms with Crippen molar-refractivity contribution in [2.75, 3.05) is 18.6 Å². The smallest absolute Gasteiger partial charge is 0.407 e. The molecule has 1 heterocycles. The molecule has 1 aliphatic carbocycles. The Balaban J connectivity index is 1.41. The van der Waals surface area contributed by atoms with Crippen LogP contribution in [-0.2, 0) is 15.8 Å². The highest BCUT2D eigenvalue weighted by Gasteiger charge is 2.27. The number of thiazole rings is 1. The third-order valence-corrected chi connectivity index (χ3v) is 9.39. The van der Waals surface area contributed by atoms with Gasteiger partial charge < -0.3 is 25.3 Å². The van der Waals surface area contributed by atoms with E-state index in [2.05, 4.69) is 16.0 Å². The topological polar surface area (TPSA) is 109 Å². The zero-order chi connectivity index (χ0) is 28.0. The van der Waals surface area contributed by atoms with Crippen LogP contribution < -0.4 is 21.3 Å². The number of alkyl carbamates (subject to hydrolysis) is 1. The lowest BCUT2D eigenvalue weighted by Crippen LogP contribution is -2.38. The number of anilines is 1. The van der Waals surface area contributed by atoms with Crippen molar-refractivity contribution in [2.45, 2.75) is 64.1 Å². The van der Waals surface area contributed by atoms with Crippen LogP contribution in [0.2, 0.25) is 0 Å². The minimum absolute atomic E-state index is 0.120. The van der Waals surface area contributed by atoms with E-state index in [1.54, 1.807) is 24.7 Å². The summed E-state index contributed by atoms with van der Waals surface area (Å²) in [6.45, 7) is 7.58. The zero-order valence-corrected chi connectivity index (χ0v) is 24.6. The Kier molecular flexibility index (Phi) is 9.46. The second-order valence-corrected chi connectivity index (χ2v) is 14.8. The van der Waals surface area contributed by atoms with Gasteiger partial charge in [0.25, 0.3) is 0 Å². The van der Waals surface area contributed by atoms with Crippen molar-refractivity contribution in [1.29, 1.82) is 0 Å². The molecule has 3 amide bonds. The van der Waals surface area contributed by atoms with E-state index >= 15 is 0 Å². The van der Waals surface area contributed by atoms with Gasteiger partial charge in [0.2, 0.25) is 0 Å². The molecule has 0 bridgehead atoms. The summed E-state index contributed by atoms with van der Waals surface area (Å²) in [6, 6.07) is 15.1. The second kappa shape index (κ2) is 12.8. The fourth-order valence-electron chi connectivity index (χ4n) is 4.72. The van der Waals surface area contributed by atoms with Gasteiger partial charge in [0.1, 0.15) is 7.14 Å².